The van der Waals surface area contributed by atoms with Crippen molar-refractivity contribution in [3.8, 4) is 5.75 Å². The summed E-state index contributed by atoms with van der Waals surface area (Å²) < 4.78 is 11.1. The number of likely N-dealkylation sites (tertiary alicyclic amines) is 1. The van der Waals surface area contributed by atoms with Crippen LogP contribution in [0.15, 0.2) is 24.3 Å². The second-order valence-corrected chi connectivity index (χ2v) is 7.99. The minimum atomic E-state index is -1.10. The van der Waals surface area contributed by atoms with Crippen molar-refractivity contribution in [1.82, 2.24) is 9.80 Å². The van der Waals surface area contributed by atoms with Crippen molar-refractivity contribution in [2.75, 3.05) is 26.8 Å². The molecule has 0 unspecified atom stereocenters. The third-order valence-corrected chi connectivity index (χ3v) is 5.58. The lowest BCUT2D eigenvalue weighted by Gasteiger charge is -2.44. The van der Waals surface area contributed by atoms with Gasteiger partial charge in [0.1, 0.15) is 11.5 Å². The highest BCUT2D eigenvalue weighted by atomic mass is 16.5. The van der Waals surface area contributed by atoms with Crippen molar-refractivity contribution in [3.05, 3.63) is 29.8 Å². The highest BCUT2D eigenvalue weighted by molar-refractivity contribution is 5.97. The van der Waals surface area contributed by atoms with E-state index in [1.54, 1.807) is 29.2 Å². The first kappa shape index (κ1) is 21.1. The first-order chi connectivity index (χ1) is 13.8. The van der Waals surface area contributed by atoms with Crippen LogP contribution < -0.4 is 4.74 Å². The number of methoxy groups -OCH3 is 1. The summed E-state index contributed by atoms with van der Waals surface area (Å²) in [7, 11) is 1.54. The van der Waals surface area contributed by atoms with Crippen molar-refractivity contribution < 1.29 is 29.0 Å². The molecule has 2 amide bonds. The van der Waals surface area contributed by atoms with Crippen LogP contribution in [0.1, 0.15) is 43.5 Å². The van der Waals surface area contributed by atoms with Gasteiger partial charge in [0.05, 0.1) is 13.7 Å². The third-order valence-electron chi connectivity index (χ3n) is 5.58. The van der Waals surface area contributed by atoms with Crippen LogP contribution >= 0.6 is 0 Å². The molecule has 0 aliphatic carbocycles. The molecule has 8 heteroatoms. The second-order valence-electron chi connectivity index (χ2n) is 7.99. The number of nitrogens with zero attached hydrogens (tertiary/aromatic N) is 2. The molecule has 1 spiro atoms. The topological polar surface area (TPSA) is 96.4 Å². The fourth-order valence-electron chi connectivity index (χ4n) is 4.01. The van der Waals surface area contributed by atoms with Gasteiger partial charge in [-0.3, -0.25) is 14.5 Å². The molecule has 1 aromatic rings. The molecule has 2 saturated heterocycles. The molecular weight excluding hydrogens is 376 g/mol. The lowest BCUT2D eigenvalue weighted by atomic mass is 9.96. The van der Waals surface area contributed by atoms with Gasteiger partial charge in [-0.25, -0.2) is 4.79 Å². The number of rotatable bonds is 5. The number of carbonyl (C=O) groups excluding carboxylic acids is 2. The van der Waals surface area contributed by atoms with Gasteiger partial charge in [0, 0.05) is 37.9 Å². The van der Waals surface area contributed by atoms with Crippen LogP contribution in [0.25, 0.3) is 0 Å². The number of hydrogen-bond donors (Lipinski definition) is 1. The molecule has 1 aromatic carbocycles. The van der Waals surface area contributed by atoms with Crippen LogP contribution in [0.5, 0.6) is 5.75 Å². The molecule has 2 aliphatic rings. The Morgan fingerprint density at radius 2 is 1.83 bits per heavy atom. The quantitative estimate of drug-likeness (QED) is 0.806. The fourth-order valence-corrected chi connectivity index (χ4v) is 4.01. The minimum absolute atomic E-state index is 0.0584. The predicted octanol–water partition coefficient (Wildman–Crippen LogP) is 1.99. The Morgan fingerprint density at radius 3 is 2.34 bits per heavy atom. The van der Waals surface area contributed by atoms with E-state index in [0.29, 0.717) is 43.7 Å². The first-order valence-corrected chi connectivity index (χ1v) is 9.89. The Hall–Kier alpha value is -2.61. The van der Waals surface area contributed by atoms with Crippen LogP contribution in [-0.4, -0.2) is 71.3 Å². The number of amides is 2. The van der Waals surface area contributed by atoms with E-state index in [-0.39, 0.29) is 24.3 Å². The van der Waals surface area contributed by atoms with E-state index >= 15 is 0 Å². The Balaban J connectivity index is 1.81. The zero-order valence-corrected chi connectivity index (χ0v) is 17.1. The first-order valence-electron chi connectivity index (χ1n) is 9.89. The van der Waals surface area contributed by atoms with Gasteiger partial charge in [-0.2, -0.15) is 0 Å². The summed E-state index contributed by atoms with van der Waals surface area (Å²) in [6.45, 7) is 4.80. The molecule has 0 saturated carbocycles. The molecule has 1 atom stereocenters. The average molecular weight is 404 g/mol. The van der Waals surface area contributed by atoms with E-state index in [4.69, 9.17) is 9.47 Å². The van der Waals surface area contributed by atoms with Gasteiger partial charge >= 0.3 is 5.97 Å². The molecule has 0 radical (unpaired) electrons. The van der Waals surface area contributed by atoms with Crippen molar-refractivity contribution >= 4 is 17.8 Å². The molecule has 0 bridgehead atoms. The summed E-state index contributed by atoms with van der Waals surface area (Å²) >= 11 is 0. The number of piperidine rings is 1. The minimum Gasteiger partial charge on any atom is -0.497 e. The van der Waals surface area contributed by atoms with Gasteiger partial charge in [0.15, 0.2) is 6.04 Å². The fraction of sp³-hybridized carbons (Fsp3) is 0.571. The molecule has 1 N–H and O–H groups in total. The Morgan fingerprint density at radius 1 is 1.21 bits per heavy atom. The monoisotopic (exact) mass is 404 g/mol. The number of carbonyl (C=O) groups is 3. The van der Waals surface area contributed by atoms with E-state index < -0.39 is 17.7 Å². The van der Waals surface area contributed by atoms with Crippen LogP contribution in [0.4, 0.5) is 0 Å². The summed E-state index contributed by atoms with van der Waals surface area (Å²) in [6, 6.07) is 5.52. The van der Waals surface area contributed by atoms with Gasteiger partial charge < -0.3 is 19.5 Å². The number of ether oxygens (including phenoxy) is 2. The lowest BCUT2D eigenvalue weighted by molar-refractivity contribution is -0.148. The highest BCUT2D eigenvalue weighted by Gasteiger charge is 2.54. The predicted molar refractivity (Wildman–Crippen MR) is 105 cm³/mol. The van der Waals surface area contributed by atoms with Gasteiger partial charge in [0.2, 0.25) is 5.91 Å². The largest absolute Gasteiger partial charge is 0.497 e. The zero-order valence-electron chi connectivity index (χ0n) is 17.1. The molecule has 3 rings (SSSR count). The summed E-state index contributed by atoms with van der Waals surface area (Å²) in [5.74, 6) is -0.524. The Bertz CT molecular complexity index is 768. The normalized spacial score (nSPS) is 20.9. The molecular formula is C21H28N2O6. The summed E-state index contributed by atoms with van der Waals surface area (Å²) in [5, 5.41) is 9.66. The van der Waals surface area contributed by atoms with Crippen molar-refractivity contribution in [2.24, 2.45) is 5.92 Å². The van der Waals surface area contributed by atoms with Gasteiger partial charge in [-0.15, -0.1) is 0 Å². The Kier molecular flexibility index (Phi) is 6.12. The average Bonchev–Trinajstić information content (AvgIpc) is 3.06. The molecule has 2 fully saturated rings. The number of aliphatic carboxylic acids is 1. The maximum Gasteiger partial charge on any atom is 0.328 e. The zero-order chi connectivity index (χ0) is 21.2. The van der Waals surface area contributed by atoms with E-state index in [1.807, 2.05) is 13.8 Å². The highest BCUT2D eigenvalue weighted by Crippen LogP contribution is 2.38. The number of carboxylic acids is 1. The van der Waals surface area contributed by atoms with Gasteiger partial charge in [-0.1, -0.05) is 13.8 Å². The summed E-state index contributed by atoms with van der Waals surface area (Å²) in [4.78, 5) is 40.6. The number of hydrogen-bond acceptors (Lipinski definition) is 5. The SMILES string of the molecule is COc1ccc(C(=O)N2[C@@H](C(=O)O)COC23CCN(C(=O)CC(C)C)CC3)cc1. The molecule has 0 aromatic heterocycles. The Labute approximate surface area is 170 Å². The van der Waals surface area contributed by atoms with Crippen molar-refractivity contribution in [2.45, 2.75) is 44.9 Å². The van der Waals surface area contributed by atoms with E-state index in [9.17, 15) is 19.5 Å². The maximum absolute atomic E-state index is 13.3. The summed E-state index contributed by atoms with van der Waals surface area (Å²) in [5.41, 5.74) is -0.630. The molecule has 29 heavy (non-hydrogen) atoms. The third kappa shape index (κ3) is 4.22. The molecule has 158 valence electrons. The van der Waals surface area contributed by atoms with E-state index in [0.717, 1.165) is 0 Å². The van der Waals surface area contributed by atoms with Gasteiger partial charge in [0.25, 0.3) is 5.91 Å². The summed E-state index contributed by atoms with van der Waals surface area (Å²) in [6.07, 6.45) is 1.26. The van der Waals surface area contributed by atoms with Crippen molar-refractivity contribution in [3.63, 3.8) is 0 Å². The van der Waals surface area contributed by atoms with Crippen LogP contribution in [-0.2, 0) is 14.3 Å². The van der Waals surface area contributed by atoms with Crippen LogP contribution in [0.2, 0.25) is 0 Å². The van der Waals surface area contributed by atoms with Crippen LogP contribution in [0, 0.1) is 5.92 Å². The maximum atomic E-state index is 13.3. The lowest BCUT2D eigenvalue weighted by Crippen LogP contribution is -2.58. The van der Waals surface area contributed by atoms with Crippen molar-refractivity contribution in [1.29, 1.82) is 0 Å². The van der Waals surface area contributed by atoms with E-state index in [2.05, 4.69) is 0 Å². The van der Waals surface area contributed by atoms with E-state index in [1.165, 1.54) is 12.0 Å². The standard InChI is InChI=1S/C21H28N2O6/c1-14(2)12-18(24)22-10-8-21(9-11-22)23(17(13-29-21)20(26)27)19(25)15-4-6-16(28-3)7-5-15/h4-7,14,17H,8-13H2,1-3H3,(H,26,27)/t17-/m1/s1. The molecule has 2 aliphatic heterocycles. The van der Waals surface area contributed by atoms with Crippen LogP contribution in [0.3, 0.4) is 0 Å². The number of carboxylic acid groups (broad SMARTS) is 1. The smallest absolute Gasteiger partial charge is 0.328 e. The number of benzene rings is 1. The second kappa shape index (κ2) is 8.41. The van der Waals surface area contributed by atoms with Gasteiger partial charge in [-0.05, 0) is 30.2 Å². The molecule has 8 nitrogen and oxygen atoms in total. The molecule has 2 heterocycles.